The molecule has 4 N–H and O–H groups in total. The Morgan fingerprint density at radius 3 is 2.95 bits per heavy atom. The third-order valence-corrected chi connectivity index (χ3v) is 4.42. The van der Waals surface area contributed by atoms with E-state index in [0.717, 1.165) is 47.0 Å². The number of hydrogen-bond acceptors (Lipinski definition) is 5. The zero-order valence-electron chi connectivity index (χ0n) is 12.6. The number of nitrogens with zero attached hydrogens (tertiary/aromatic N) is 1. The summed E-state index contributed by atoms with van der Waals surface area (Å²) in [5, 5.41) is 10.7. The number of benzene rings is 1. The molecule has 1 atom stereocenters. The molecule has 0 saturated heterocycles. The highest BCUT2D eigenvalue weighted by Gasteiger charge is 2.16. The standard InChI is InChI=1S/C15H23N3O2S/c1-15(19,10-16)7-3-4-8-21-14-17-12-6-5-11(20-2)9-13(12)18-14/h5-6,9,19H,3-4,7-8,10,16H2,1-2H3,(H,17,18). The third-order valence-electron chi connectivity index (χ3n) is 3.46. The SMILES string of the molecule is COc1ccc2nc(SCCCCC(C)(O)CN)[nH]c2c1. The van der Waals surface area contributed by atoms with Gasteiger partial charge in [-0.1, -0.05) is 11.8 Å². The summed E-state index contributed by atoms with van der Waals surface area (Å²) < 4.78 is 5.20. The number of aliphatic hydroxyl groups is 1. The first-order chi connectivity index (χ1) is 10.0. The number of fused-ring (bicyclic) bond motifs is 1. The summed E-state index contributed by atoms with van der Waals surface area (Å²) in [6.07, 6.45) is 2.73. The van der Waals surface area contributed by atoms with Gasteiger partial charge in [0, 0.05) is 18.4 Å². The van der Waals surface area contributed by atoms with Crippen LogP contribution in [-0.2, 0) is 0 Å². The van der Waals surface area contributed by atoms with Crippen molar-refractivity contribution in [3.8, 4) is 5.75 Å². The summed E-state index contributed by atoms with van der Waals surface area (Å²) in [5.74, 6) is 1.80. The van der Waals surface area contributed by atoms with E-state index in [1.165, 1.54) is 0 Å². The Kier molecular flexibility index (Phi) is 5.50. The molecule has 1 aromatic heterocycles. The molecule has 0 aliphatic rings. The normalized spacial score (nSPS) is 14.3. The fourth-order valence-corrected chi connectivity index (χ4v) is 2.93. The van der Waals surface area contributed by atoms with Gasteiger partial charge < -0.3 is 20.6 Å². The molecule has 0 radical (unpaired) electrons. The van der Waals surface area contributed by atoms with Crippen molar-refractivity contribution >= 4 is 22.8 Å². The Morgan fingerprint density at radius 1 is 1.43 bits per heavy atom. The van der Waals surface area contributed by atoms with E-state index in [1.54, 1.807) is 25.8 Å². The summed E-state index contributed by atoms with van der Waals surface area (Å²) in [7, 11) is 1.66. The van der Waals surface area contributed by atoms with E-state index in [9.17, 15) is 5.11 Å². The first-order valence-corrected chi connectivity index (χ1v) is 8.11. The molecule has 0 amide bonds. The lowest BCUT2D eigenvalue weighted by atomic mass is 10.00. The molecule has 2 aromatic rings. The van der Waals surface area contributed by atoms with Crippen LogP contribution < -0.4 is 10.5 Å². The largest absolute Gasteiger partial charge is 0.497 e. The topological polar surface area (TPSA) is 84.2 Å². The number of unbranched alkanes of at least 4 members (excludes halogenated alkanes) is 1. The van der Waals surface area contributed by atoms with Crippen LogP contribution in [-0.4, -0.2) is 40.1 Å². The molecule has 0 bridgehead atoms. The number of aromatic amines is 1. The van der Waals surface area contributed by atoms with E-state index >= 15 is 0 Å². The van der Waals surface area contributed by atoms with E-state index in [0.29, 0.717) is 6.54 Å². The van der Waals surface area contributed by atoms with Gasteiger partial charge in [0.05, 0.1) is 23.7 Å². The predicted molar refractivity (Wildman–Crippen MR) is 86.9 cm³/mol. The first-order valence-electron chi connectivity index (χ1n) is 7.13. The summed E-state index contributed by atoms with van der Waals surface area (Å²) in [4.78, 5) is 7.82. The van der Waals surface area contributed by atoms with Gasteiger partial charge in [0.15, 0.2) is 5.16 Å². The Hall–Kier alpha value is -1.24. The summed E-state index contributed by atoms with van der Waals surface area (Å²) in [6, 6.07) is 5.81. The molecule has 116 valence electrons. The molecule has 1 unspecified atom stereocenters. The van der Waals surface area contributed by atoms with Gasteiger partial charge in [-0.15, -0.1) is 0 Å². The number of hydrogen-bond donors (Lipinski definition) is 3. The molecular formula is C15H23N3O2S. The Morgan fingerprint density at radius 2 is 2.24 bits per heavy atom. The van der Waals surface area contributed by atoms with E-state index in [1.807, 2.05) is 18.2 Å². The lowest BCUT2D eigenvalue weighted by Gasteiger charge is -2.20. The van der Waals surface area contributed by atoms with Gasteiger partial charge in [-0.25, -0.2) is 4.98 Å². The molecule has 0 aliphatic heterocycles. The number of imidazole rings is 1. The lowest BCUT2D eigenvalue weighted by molar-refractivity contribution is 0.0577. The average Bonchev–Trinajstić information content (AvgIpc) is 2.88. The Balaban J connectivity index is 1.81. The molecule has 6 heteroatoms. The predicted octanol–water partition coefficient (Wildman–Crippen LogP) is 2.54. The number of H-pyrrole nitrogens is 1. The highest BCUT2D eigenvalue weighted by Crippen LogP contribution is 2.24. The van der Waals surface area contributed by atoms with E-state index in [-0.39, 0.29) is 0 Å². The number of nitrogens with one attached hydrogen (secondary N) is 1. The van der Waals surface area contributed by atoms with Crippen LogP contribution in [0.1, 0.15) is 26.2 Å². The molecule has 1 aromatic carbocycles. The molecule has 0 saturated carbocycles. The highest BCUT2D eigenvalue weighted by molar-refractivity contribution is 7.99. The maximum atomic E-state index is 9.82. The minimum Gasteiger partial charge on any atom is -0.497 e. The Labute approximate surface area is 129 Å². The van der Waals surface area contributed by atoms with Crippen molar-refractivity contribution in [3.63, 3.8) is 0 Å². The second kappa shape index (κ2) is 7.15. The fourth-order valence-electron chi connectivity index (χ4n) is 2.04. The van der Waals surface area contributed by atoms with E-state index < -0.39 is 5.60 Å². The van der Waals surface area contributed by atoms with Crippen molar-refractivity contribution < 1.29 is 9.84 Å². The van der Waals surface area contributed by atoms with Crippen molar-refractivity contribution in [3.05, 3.63) is 18.2 Å². The van der Waals surface area contributed by atoms with Crippen molar-refractivity contribution in [1.82, 2.24) is 9.97 Å². The monoisotopic (exact) mass is 309 g/mol. The molecule has 2 rings (SSSR count). The van der Waals surface area contributed by atoms with Gasteiger partial charge in [0.2, 0.25) is 0 Å². The van der Waals surface area contributed by atoms with Crippen LogP contribution >= 0.6 is 11.8 Å². The third kappa shape index (κ3) is 4.62. The van der Waals surface area contributed by atoms with Gasteiger partial charge in [-0.05, 0) is 38.3 Å². The molecule has 21 heavy (non-hydrogen) atoms. The van der Waals surface area contributed by atoms with Crippen LogP contribution in [0, 0.1) is 0 Å². The van der Waals surface area contributed by atoms with Crippen LogP contribution in [0.4, 0.5) is 0 Å². The second-order valence-corrected chi connectivity index (χ2v) is 6.52. The smallest absolute Gasteiger partial charge is 0.166 e. The van der Waals surface area contributed by atoms with Gasteiger partial charge in [-0.2, -0.15) is 0 Å². The first kappa shape index (κ1) is 16.1. The number of thioether (sulfide) groups is 1. The van der Waals surface area contributed by atoms with Crippen LogP contribution in [0.5, 0.6) is 5.75 Å². The minimum atomic E-state index is -0.736. The molecular weight excluding hydrogens is 286 g/mol. The highest BCUT2D eigenvalue weighted by atomic mass is 32.2. The van der Waals surface area contributed by atoms with Crippen LogP contribution in [0.3, 0.4) is 0 Å². The number of aromatic nitrogens is 2. The van der Waals surface area contributed by atoms with E-state index in [2.05, 4.69) is 9.97 Å². The van der Waals surface area contributed by atoms with Crippen LogP contribution in [0.2, 0.25) is 0 Å². The van der Waals surface area contributed by atoms with Gasteiger partial charge in [0.1, 0.15) is 5.75 Å². The van der Waals surface area contributed by atoms with Crippen molar-refractivity contribution in [1.29, 1.82) is 0 Å². The lowest BCUT2D eigenvalue weighted by Crippen LogP contribution is -2.33. The van der Waals surface area contributed by atoms with Gasteiger partial charge in [0.25, 0.3) is 0 Å². The zero-order chi connectivity index (χ0) is 15.3. The molecule has 0 fully saturated rings. The second-order valence-electron chi connectivity index (χ2n) is 5.43. The summed E-state index contributed by atoms with van der Waals surface area (Å²) in [6.45, 7) is 2.10. The summed E-state index contributed by atoms with van der Waals surface area (Å²) >= 11 is 1.70. The number of methoxy groups -OCH3 is 1. The van der Waals surface area contributed by atoms with Crippen LogP contribution in [0.25, 0.3) is 11.0 Å². The van der Waals surface area contributed by atoms with Crippen molar-refractivity contribution in [2.45, 2.75) is 36.9 Å². The quantitative estimate of drug-likeness (QED) is 0.515. The molecule has 1 heterocycles. The zero-order valence-corrected chi connectivity index (χ0v) is 13.4. The van der Waals surface area contributed by atoms with Gasteiger partial charge in [-0.3, -0.25) is 0 Å². The summed E-state index contributed by atoms with van der Waals surface area (Å²) in [5.41, 5.74) is 6.70. The maximum absolute atomic E-state index is 9.82. The Bertz CT molecular complexity index is 583. The maximum Gasteiger partial charge on any atom is 0.166 e. The van der Waals surface area contributed by atoms with Crippen LogP contribution in [0.15, 0.2) is 23.4 Å². The number of ether oxygens (including phenoxy) is 1. The number of rotatable bonds is 8. The molecule has 0 aliphatic carbocycles. The van der Waals surface area contributed by atoms with Crippen molar-refractivity contribution in [2.75, 3.05) is 19.4 Å². The van der Waals surface area contributed by atoms with E-state index in [4.69, 9.17) is 10.5 Å². The van der Waals surface area contributed by atoms with Gasteiger partial charge >= 0.3 is 0 Å². The molecule has 5 nitrogen and oxygen atoms in total. The average molecular weight is 309 g/mol. The minimum absolute atomic E-state index is 0.311. The molecule has 0 spiro atoms. The van der Waals surface area contributed by atoms with Crippen molar-refractivity contribution in [2.24, 2.45) is 5.73 Å². The number of nitrogens with two attached hydrogens (primary N) is 1. The fraction of sp³-hybridized carbons (Fsp3) is 0.533.